The van der Waals surface area contributed by atoms with E-state index in [1.165, 1.54) is 10.9 Å². The molecule has 0 unspecified atom stereocenters. The summed E-state index contributed by atoms with van der Waals surface area (Å²) < 4.78 is 0. The van der Waals surface area contributed by atoms with Crippen LogP contribution in [-0.2, 0) is 5.41 Å². The first-order valence-electron chi connectivity index (χ1n) is 4.93. The standard InChI is InChI=1S/C13H15N/c1-13(2,3)11-7-4-8-12-10(11)6-5-9-14-12/h4-9H,1-3H3. The fraction of sp³-hybridized carbons (Fsp3) is 0.308. The number of hydrogen-bond acceptors (Lipinski definition) is 1. The second-order valence-electron chi connectivity index (χ2n) is 4.63. The minimum absolute atomic E-state index is 0.183. The summed E-state index contributed by atoms with van der Waals surface area (Å²) in [4.78, 5) is 4.36. The topological polar surface area (TPSA) is 12.9 Å². The van der Waals surface area contributed by atoms with E-state index in [-0.39, 0.29) is 5.41 Å². The number of nitrogens with zero attached hydrogens (tertiary/aromatic N) is 1. The molecule has 0 spiro atoms. The summed E-state index contributed by atoms with van der Waals surface area (Å²) in [5.74, 6) is 0. The third-order valence-electron chi connectivity index (χ3n) is 2.45. The molecule has 0 aliphatic rings. The van der Waals surface area contributed by atoms with Crippen LogP contribution in [0.5, 0.6) is 0 Å². The Morgan fingerprint density at radius 2 is 1.79 bits per heavy atom. The van der Waals surface area contributed by atoms with Gasteiger partial charge in [-0.1, -0.05) is 39.0 Å². The van der Waals surface area contributed by atoms with Crippen LogP contribution in [-0.4, -0.2) is 4.98 Å². The van der Waals surface area contributed by atoms with Crippen molar-refractivity contribution in [2.45, 2.75) is 26.2 Å². The van der Waals surface area contributed by atoms with Crippen LogP contribution in [0, 0.1) is 0 Å². The number of fused-ring (bicyclic) bond motifs is 1. The molecule has 0 atom stereocenters. The number of hydrogen-bond donors (Lipinski definition) is 0. The molecule has 2 rings (SSSR count). The maximum atomic E-state index is 4.36. The van der Waals surface area contributed by atoms with E-state index in [1.807, 2.05) is 12.3 Å². The molecule has 0 aliphatic carbocycles. The monoisotopic (exact) mass is 185 g/mol. The minimum atomic E-state index is 0.183. The Morgan fingerprint density at radius 3 is 2.50 bits per heavy atom. The van der Waals surface area contributed by atoms with E-state index in [4.69, 9.17) is 0 Å². The summed E-state index contributed by atoms with van der Waals surface area (Å²) >= 11 is 0. The quantitative estimate of drug-likeness (QED) is 0.611. The first-order valence-corrected chi connectivity index (χ1v) is 4.93. The first-order chi connectivity index (χ1) is 6.59. The summed E-state index contributed by atoms with van der Waals surface area (Å²) in [5, 5.41) is 1.27. The Morgan fingerprint density at radius 1 is 1.00 bits per heavy atom. The normalized spacial score (nSPS) is 11.9. The molecule has 1 heterocycles. The minimum Gasteiger partial charge on any atom is -0.256 e. The molecule has 0 bridgehead atoms. The van der Waals surface area contributed by atoms with Gasteiger partial charge in [0.1, 0.15) is 0 Å². The van der Waals surface area contributed by atoms with Gasteiger partial charge in [-0.15, -0.1) is 0 Å². The van der Waals surface area contributed by atoms with Gasteiger partial charge in [0.05, 0.1) is 5.52 Å². The van der Waals surface area contributed by atoms with Crippen molar-refractivity contribution in [1.29, 1.82) is 0 Å². The molecule has 0 amide bonds. The van der Waals surface area contributed by atoms with Crippen molar-refractivity contribution in [1.82, 2.24) is 4.98 Å². The Bertz CT molecular complexity index is 447. The number of aromatic nitrogens is 1. The van der Waals surface area contributed by atoms with Gasteiger partial charge in [-0.25, -0.2) is 0 Å². The Kier molecular flexibility index (Phi) is 2.03. The maximum absolute atomic E-state index is 4.36. The molecule has 0 radical (unpaired) electrons. The molecule has 72 valence electrons. The second kappa shape index (κ2) is 3.09. The fourth-order valence-corrected chi connectivity index (χ4v) is 1.76. The SMILES string of the molecule is CC(C)(C)c1cccc2ncccc12. The average molecular weight is 185 g/mol. The fourth-order valence-electron chi connectivity index (χ4n) is 1.76. The van der Waals surface area contributed by atoms with Crippen LogP contribution in [0.15, 0.2) is 36.5 Å². The zero-order chi connectivity index (χ0) is 10.2. The van der Waals surface area contributed by atoms with Crippen LogP contribution in [0.25, 0.3) is 10.9 Å². The van der Waals surface area contributed by atoms with Gasteiger partial charge in [0.25, 0.3) is 0 Å². The highest BCUT2D eigenvalue weighted by Gasteiger charge is 2.16. The van der Waals surface area contributed by atoms with E-state index < -0.39 is 0 Å². The van der Waals surface area contributed by atoms with Gasteiger partial charge in [-0.2, -0.15) is 0 Å². The highest BCUT2D eigenvalue weighted by molar-refractivity contribution is 5.82. The number of benzene rings is 1. The average Bonchev–Trinajstić information content (AvgIpc) is 2.15. The highest BCUT2D eigenvalue weighted by atomic mass is 14.6. The largest absolute Gasteiger partial charge is 0.256 e. The van der Waals surface area contributed by atoms with Gasteiger partial charge in [-0.05, 0) is 23.1 Å². The predicted octanol–water partition coefficient (Wildman–Crippen LogP) is 3.53. The molecule has 2 aromatic rings. The maximum Gasteiger partial charge on any atom is 0.0704 e. The van der Waals surface area contributed by atoms with Crippen molar-refractivity contribution < 1.29 is 0 Å². The van der Waals surface area contributed by atoms with Gasteiger partial charge in [0.15, 0.2) is 0 Å². The summed E-state index contributed by atoms with van der Waals surface area (Å²) in [6.07, 6.45) is 1.84. The molecular formula is C13H15N. The second-order valence-corrected chi connectivity index (χ2v) is 4.63. The molecule has 14 heavy (non-hydrogen) atoms. The third-order valence-corrected chi connectivity index (χ3v) is 2.45. The van der Waals surface area contributed by atoms with E-state index in [1.54, 1.807) is 0 Å². The van der Waals surface area contributed by atoms with Crippen LogP contribution >= 0.6 is 0 Å². The van der Waals surface area contributed by atoms with E-state index in [2.05, 4.69) is 50.0 Å². The lowest BCUT2D eigenvalue weighted by atomic mass is 9.84. The molecule has 1 heteroatoms. The van der Waals surface area contributed by atoms with Crippen LogP contribution < -0.4 is 0 Å². The lowest BCUT2D eigenvalue weighted by molar-refractivity contribution is 0.596. The summed E-state index contributed by atoms with van der Waals surface area (Å²) in [7, 11) is 0. The number of pyridine rings is 1. The van der Waals surface area contributed by atoms with Crippen LogP contribution in [0.2, 0.25) is 0 Å². The van der Waals surface area contributed by atoms with Gasteiger partial charge in [0, 0.05) is 11.6 Å². The Balaban J connectivity index is 2.78. The van der Waals surface area contributed by atoms with Crippen LogP contribution in [0.4, 0.5) is 0 Å². The van der Waals surface area contributed by atoms with Crippen molar-refractivity contribution in [3.63, 3.8) is 0 Å². The van der Waals surface area contributed by atoms with E-state index in [0.717, 1.165) is 5.52 Å². The zero-order valence-electron chi connectivity index (χ0n) is 8.91. The summed E-state index contributed by atoms with van der Waals surface area (Å²) in [6, 6.07) is 10.5. The van der Waals surface area contributed by atoms with Crippen molar-refractivity contribution in [2.75, 3.05) is 0 Å². The molecule has 0 saturated carbocycles. The molecule has 0 aliphatic heterocycles. The van der Waals surface area contributed by atoms with Gasteiger partial charge < -0.3 is 0 Å². The van der Waals surface area contributed by atoms with Gasteiger partial charge in [0.2, 0.25) is 0 Å². The lowest BCUT2D eigenvalue weighted by Crippen LogP contribution is -2.11. The molecule has 0 N–H and O–H groups in total. The van der Waals surface area contributed by atoms with E-state index >= 15 is 0 Å². The van der Waals surface area contributed by atoms with Gasteiger partial charge in [-0.3, -0.25) is 4.98 Å². The van der Waals surface area contributed by atoms with E-state index in [9.17, 15) is 0 Å². The molecule has 0 saturated heterocycles. The molecule has 0 fully saturated rings. The van der Waals surface area contributed by atoms with Crippen LogP contribution in [0.1, 0.15) is 26.3 Å². The lowest BCUT2D eigenvalue weighted by Gasteiger charge is -2.20. The molecule has 1 aromatic carbocycles. The van der Waals surface area contributed by atoms with E-state index in [0.29, 0.717) is 0 Å². The smallest absolute Gasteiger partial charge is 0.0704 e. The molecule has 1 aromatic heterocycles. The molecule has 1 nitrogen and oxygen atoms in total. The summed E-state index contributed by atoms with van der Waals surface area (Å²) in [5.41, 5.74) is 2.63. The van der Waals surface area contributed by atoms with Crippen molar-refractivity contribution in [3.05, 3.63) is 42.1 Å². The summed E-state index contributed by atoms with van der Waals surface area (Å²) in [6.45, 7) is 6.69. The first kappa shape index (κ1) is 9.20. The number of rotatable bonds is 0. The molecular weight excluding hydrogens is 170 g/mol. The zero-order valence-corrected chi connectivity index (χ0v) is 8.91. The van der Waals surface area contributed by atoms with Crippen molar-refractivity contribution in [3.8, 4) is 0 Å². The highest BCUT2D eigenvalue weighted by Crippen LogP contribution is 2.28. The Labute approximate surface area is 84.8 Å². The van der Waals surface area contributed by atoms with Gasteiger partial charge >= 0.3 is 0 Å². The Hall–Kier alpha value is -1.37. The van der Waals surface area contributed by atoms with Crippen LogP contribution in [0.3, 0.4) is 0 Å². The third kappa shape index (κ3) is 1.50. The van der Waals surface area contributed by atoms with Crippen molar-refractivity contribution >= 4 is 10.9 Å². The predicted molar refractivity (Wildman–Crippen MR) is 60.4 cm³/mol. The van der Waals surface area contributed by atoms with Crippen molar-refractivity contribution in [2.24, 2.45) is 0 Å².